The van der Waals surface area contributed by atoms with Crippen LogP contribution < -0.4 is 9.46 Å². The van der Waals surface area contributed by atoms with Crippen molar-refractivity contribution < 1.29 is 17.5 Å². The van der Waals surface area contributed by atoms with Gasteiger partial charge >= 0.3 is 0 Å². The van der Waals surface area contributed by atoms with Crippen LogP contribution in [0.5, 0.6) is 5.75 Å². The van der Waals surface area contributed by atoms with E-state index in [1.807, 2.05) is 25.1 Å². The van der Waals surface area contributed by atoms with Crippen LogP contribution in [-0.2, 0) is 16.4 Å². The molecule has 0 fully saturated rings. The van der Waals surface area contributed by atoms with Gasteiger partial charge in [-0.3, -0.25) is 4.39 Å². The molecule has 0 spiro atoms. The average Bonchev–Trinajstić information content (AvgIpc) is 2.81. The number of ether oxygens (including phenoxy) is 1. The smallest absolute Gasteiger partial charge is 0.212 e. The van der Waals surface area contributed by atoms with Crippen molar-refractivity contribution in [2.24, 2.45) is 0 Å². The molecule has 0 amide bonds. The highest BCUT2D eigenvalue weighted by molar-refractivity contribution is 7.89. The molecule has 1 aromatic carbocycles. The summed E-state index contributed by atoms with van der Waals surface area (Å²) in [5.74, 6) is 0.663. The summed E-state index contributed by atoms with van der Waals surface area (Å²) in [6.07, 6.45) is 1.55. The molecule has 6 heteroatoms. The maximum Gasteiger partial charge on any atom is 0.212 e. The van der Waals surface area contributed by atoms with Gasteiger partial charge < -0.3 is 4.74 Å². The van der Waals surface area contributed by atoms with Crippen molar-refractivity contribution in [3.63, 3.8) is 0 Å². The Morgan fingerprint density at radius 2 is 2.25 bits per heavy atom. The maximum atomic E-state index is 12.1. The number of rotatable bonds is 7. The Bertz CT molecular complexity index is 560. The van der Waals surface area contributed by atoms with Gasteiger partial charge in [-0.1, -0.05) is 12.1 Å². The average molecular weight is 301 g/mol. The minimum absolute atomic E-state index is 0.0356. The first kappa shape index (κ1) is 15.3. The molecular formula is C14H20FNO3S. The molecule has 0 saturated carbocycles. The van der Waals surface area contributed by atoms with Crippen LogP contribution in [0.1, 0.15) is 36.9 Å². The zero-order chi connectivity index (χ0) is 14.6. The van der Waals surface area contributed by atoms with E-state index in [4.69, 9.17) is 4.74 Å². The fraction of sp³-hybridized carbons (Fsp3) is 0.571. The Labute approximate surface area is 119 Å². The Hall–Kier alpha value is -1.14. The maximum absolute atomic E-state index is 12.1. The lowest BCUT2D eigenvalue weighted by Crippen LogP contribution is -2.29. The van der Waals surface area contributed by atoms with Gasteiger partial charge in [0.15, 0.2) is 0 Å². The number of hydrogen-bond acceptors (Lipinski definition) is 3. The van der Waals surface area contributed by atoms with E-state index in [-0.39, 0.29) is 18.2 Å². The van der Waals surface area contributed by atoms with Crippen LogP contribution in [0.3, 0.4) is 0 Å². The first-order chi connectivity index (χ1) is 9.57. The summed E-state index contributed by atoms with van der Waals surface area (Å²) >= 11 is 0. The van der Waals surface area contributed by atoms with Crippen molar-refractivity contribution in [1.29, 1.82) is 0 Å². The van der Waals surface area contributed by atoms with Crippen molar-refractivity contribution in [2.75, 3.05) is 19.0 Å². The summed E-state index contributed by atoms with van der Waals surface area (Å²) in [7, 11) is -3.43. The summed E-state index contributed by atoms with van der Waals surface area (Å²) in [6, 6.07) is 5.48. The minimum Gasteiger partial charge on any atom is -0.494 e. The summed E-state index contributed by atoms with van der Waals surface area (Å²) in [5, 5.41) is 0. The van der Waals surface area contributed by atoms with Gasteiger partial charge in [0.2, 0.25) is 10.0 Å². The molecule has 1 atom stereocenters. The molecule has 0 saturated heterocycles. The van der Waals surface area contributed by atoms with Crippen molar-refractivity contribution in [3.8, 4) is 5.75 Å². The van der Waals surface area contributed by atoms with E-state index in [0.717, 1.165) is 23.3 Å². The van der Waals surface area contributed by atoms with Gasteiger partial charge in [0, 0.05) is 6.04 Å². The summed E-state index contributed by atoms with van der Waals surface area (Å²) in [5.41, 5.74) is 2.05. The third-order valence-corrected chi connectivity index (χ3v) is 4.87. The van der Waals surface area contributed by atoms with Crippen LogP contribution >= 0.6 is 0 Å². The summed E-state index contributed by atoms with van der Waals surface area (Å²) < 4.78 is 44.0. The fourth-order valence-electron chi connectivity index (χ4n) is 2.55. The highest BCUT2D eigenvalue weighted by Gasteiger charge is 2.28. The number of halogens is 1. The van der Waals surface area contributed by atoms with Gasteiger partial charge in [-0.15, -0.1) is 0 Å². The van der Waals surface area contributed by atoms with Crippen LogP contribution in [-0.4, -0.2) is 27.5 Å². The number of fused-ring (bicyclic) bond motifs is 1. The van der Waals surface area contributed by atoms with Crippen molar-refractivity contribution in [2.45, 2.75) is 32.2 Å². The lowest BCUT2D eigenvalue weighted by Gasteiger charge is -2.15. The van der Waals surface area contributed by atoms with E-state index in [9.17, 15) is 12.8 Å². The van der Waals surface area contributed by atoms with Gasteiger partial charge in [0.05, 0.1) is 19.0 Å². The quantitative estimate of drug-likeness (QED) is 0.841. The molecule has 112 valence electrons. The molecule has 1 aliphatic carbocycles. The SMILES string of the molecule is CCOc1cccc2c1CCC2NS(=O)(=O)CCCF. The Morgan fingerprint density at radius 1 is 1.45 bits per heavy atom. The van der Waals surface area contributed by atoms with E-state index in [2.05, 4.69) is 4.72 Å². The zero-order valence-corrected chi connectivity index (χ0v) is 12.4. The van der Waals surface area contributed by atoms with E-state index in [1.54, 1.807) is 0 Å². The molecule has 1 N–H and O–H groups in total. The topological polar surface area (TPSA) is 55.4 Å². The Morgan fingerprint density at radius 3 is 2.95 bits per heavy atom. The molecule has 0 aromatic heterocycles. The number of alkyl halides is 1. The molecule has 0 radical (unpaired) electrons. The molecule has 1 aromatic rings. The molecule has 20 heavy (non-hydrogen) atoms. The number of benzene rings is 1. The van der Waals surface area contributed by atoms with Crippen LogP contribution in [0.2, 0.25) is 0 Å². The second-order valence-electron chi connectivity index (χ2n) is 4.83. The number of nitrogens with one attached hydrogen (secondary N) is 1. The predicted molar refractivity (Wildman–Crippen MR) is 76.2 cm³/mol. The number of sulfonamides is 1. The molecule has 1 aliphatic rings. The van der Waals surface area contributed by atoms with E-state index in [0.29, 0.717) is 13.0 Å². The Balaban J connectivity index is 2.14. The van der Waals surface area contributed by atoms with Gasteiger partial charge in [-0.05, 0) is 43.4 Å². The first-order valence-corrected chi connectivity index (χ1v) is 8.53. The van der Waals surface area contributed by atoms with Gasteiger partial charge in [0.25, 0.3) is 0 Å². The molecule has 2 rings (SSSR count). The second kappa shape index (κ2) is 6.54. The van der Waals surface area contributed by atoms with Crippen LogP contribution in [0, 0.1) is 0 Å². The Kier molecular flexibility index (Phi) is 4.99. The van der Waals surface area contributed by atoms with Gasteiger partial charge in [-0.2, -0.15) is 0 Å². The monoisotopic (exact) mass is 301 g/mol. The highest BCUT2D eigenvalue weighted by Crippen LogP contribution is 2.37. The normalized spacial score (nSPS) is 18.0. The van der Waals surface area contributed by atoms with Crippen molar-refractivity contribution in [3.05, 3.63) is 29.3 Å². The third-order valence-electron chi connectivity index (χ3n) is 3.40. The van der Waals surface area contributed by atoms with Crippen molar-refractivity contribution >= 4 is 10.0 Å². The van der Waals surface area contributed by atoms with Gasteiger partial charge in [0.1, 0.15) is 5.75 Å². The first-order valence-electron chi connectivity index (χ1n) is 6.88. The molecule has 0 heterocycles. The largest absolute Gasteiger partial charge is 0.494 e. The standard InChI is InChI=1S/C14H20FNO3S/c1-2-19-14-6-3-5-11-12(14)7-8-13(11)16-20(17,18)10-4-9-15/h3,5-6,13,16H,2,4,7-10H2,1H3. The summed E-state index contributed by atoms with van der Waals surface area (Å²) in [4.78, 5) is 0. The molecule has 1 unspecified atom stereocenters. The van der Waals surface area contributed by atoms with E-state index in [1.165, 1.54) is 0 Å². The lowest BCUT2D eigenvalue weighted by atomic mass is 10.1. The second-order valence-corrected chi connectivity index (χ2v) is 6.70. The number of hydrogen-bond donors (Lipinski definition) is 1. The van der Waals surface area contributed by atoms with Crippen LogP contribution in [0.25, 0.3) is 0 Å². The predicted octanol–water partition coefficient (Wildman–Crippen LogP) is 2.35. The van der Waals surface area contributed by atoms with Gasteiger partial charge in [-0.25, -0.2) is 13.1 Å². The van der Waals surface area contributed by atoms with E-state index >= 15 is 0 Å². The lowest BCUT2D eigenvalue weighted by molar-refractivity contribution is 0.337. The fourth-order valence-corrected chi connectivity index (χ4v) is 3.84. The minimum atomic E-state index is -3.43. The van der Waals surface area contributed by atoms with Crippen molar-refractivity contribution in [1.82, 2.24) is 4.72 Å². The van der Waals surface area contributed by atoms with Crippen LogP contribution in [0.4, 0.5) is 4.39 Å². The van der Waals surface area contributed by atoms with Crippen LogP contribution in [0.15, 0.2) is 18.2 Å². The molecule has 0 bridgehead atoms. The third kappa shape index (κ3) is 3.49. The molecule has 4 nitrogen and oxygen atoms in total. The molecular weight excluding hydrogens is 281 g/mol. The molecule has 0 aliphatic heterocycles. The summed E-state index contributed by atoms with van der Waals surface area (Å²) in [6.45, 7) is 1.89. The zero-order valence-electron chi connectivity index (χ0n) is 11.6. The highest BCUT2D eigenvalue weighted by atomic mass is 32.2. The van der Waals surface area contributed by atoms with E-state index < -0.39 is 16.7 Å².